The maximum atomic E-state index is 12.4. The van der Waals surface area contributed by atoms with Crippen molar-refractivity contribution in [1.82, 2.24) is 4.31 Å². The van der Waals surface area contributed by atoms with Crippen molar-refractivity contribution in [3.05, 3.63) is 0 Å². The second-order valence-corrected chi connectivity index (χ2v) is 9.20. The van der Waals surface area contributed by atoms with Crippen molar-refractivity contribution in [3.63, 3.8) is 0 Å². The maximum Gasteiger partial charge on any atom is 0.214 e. The second-order valence-electron chi connectivity index (χ2n) is 7.17. The molecule has 0 aromatic heterocycles. The highest BCUT2D eigenvalue weighted by Crippen LogP contribution is 2.37. The van der Waals surface area contributed by atoms with Gasteiger partial charge in [-0.1, -0.05) is 20.8 Å². The molecule has 20 heavy (non-hydrogen) atoms. The lowest BCUT2D eigenvalue weighted by Gasteiger charge is -2.39. The van der Waals surface area contributed by atoms with Crippen molar-refractivity contribution < 1.29 is 17.9 Å². The fraction of sp³-hybridized carbons (Fsp3) is 1.00. The third kappa shape index (κ3) is 3.72. The van der Waals surface area contributed by atoms with Gasteiger partial charge >= 0.3 is 0 Å². The third-order valence-corrected chi connectivity index (χ3v) is 6.51. The molecule has 1 aliphatic carbocycles. The van der Waals surface area contributed by atoms with E-state index in [4.69, 9.17) is 9.47 Å². The van der Waals surface area contributed by atoms with E-state index in [0.29, 0.717) is 13.2 Å². The number of ether oxygens (including phenoxy) is 2. The van der Waals surface area contributed by atoms with Gasteiger partial charge in [0.15, 0.2) is 5.79 Å². The first-order chi connectivity index (χ1) is 9.14. The average molecular weight is 305 g/mol. The van der Waals surface area contributed by atoms with E-state index in [0.717, 1.165) is 25.7 Å². The molecule has 2 rings (SSSR count). The molecule has 6 heteroatoms. The number of hydrogen-bond acceptors (Lipinski definition) is 4. The molecule has 0 unspecified atom stereocenters. The fourth-order valence-electron chi connectivity index (χ4n) is 3.07. The van der Waals surface area contributed by atoms with Gasteiger partial charge in [0, 0.05) is 25.9 Å². The van der Waals surface area contributed by atoms with Crippen molar-refractivity contribution in [3.8, 4) is 0 Å². The quantitative estimate of drug-likeness (QED) is 0.800. The Bertz CT molecular complexity index is 425. The summed E-state index contributed by atoms with van der Waals surface area (Å²) in [6, 6.07) is 0.0702. The van der Waals surface area contributed by atoms with Crippen LogP contribution in [-0.2, 0) is 19.5 Å². The second kappa shape index (κ2) is 5.55. The highest BCUT2D eigenvalue weighted by molar-refractivity contribution is 7.89. The molecule has 0 bridgehead atoms. The van der Waals surface area contributed by atoms with Crippen molar-refractivity contribution >= 4 is 10.0 Å². The summed E-state index contributed by atoms with van der Waals surface area (Å²) < 4.78 is 37.8. The van der Waals surface area contributed by atoms with Gasteiger partial charge in [-0.25, -0.2) is 12.7 Å². The lowest BCUT2D eigenvalue weighted by atomic mass is 9.90. The summed E-state index contributed by atoms with van der Waals surface area (Å²) in [7, 11) is -1.49. The van der Waals surface area contributed by atoms with Crippen LogP contribution in [0.4, 0.5) is 0 Å². The average Bonchev–Trinajstić information content (AvgIpc) is 2.75. The minimum atomic E-state index is -3.20. The molecule has 1 saturated carbocycles. The Kier molecular flexibility index (Phi) is 4.50. The van der Waals surface area contributed by atoms with E-state index in [1.807, 2.05) is 20.8 Å². The summed E-state index contributed by atoms with van der Waals surface area (Å²) in [6.07, 6.45) is 3.18. The van der Waals surface area contributed by atoms with Crippen LogP contribution in [0.5, 0.6) is 0 Å². The Morgan fingerprint density at radius 3 is 2.10 bits per heavy atom. The lowest BCUT2D eigenvalue weighted by molar-refractivity contribution is -0.181. The fourth-order valence-corrected chi connectivity index (χ4v) is 5.03. The van der Waals surface area contributed by atoms with Gasteiger partial charge in [0.1, 0.15) is 0 Å². The first kappa shape index (κ1) is 16.2. The zero-order chi connectivity index (χ0) is 15.0. The normalized spacial score (nSPS) is 24.6. The highest BCUT2D eigenvalue weighted by Gasteiger charge is 2.42. The van der Waals surface area contributed by atoms with E-state index < -0.39 is 15.8 Å². The van der Waals surface area contributed by atoms with E-state index >= 15 is 0 Å². The zero-order valence-electron chi connectivity index (χ0n) is 13.0. The third-order valence-electron chi connectivity index (χ3n) is 4.10. The Hall–Kier alpha value is -0.170. The summed E-state index contributed by atoms with van der Waals surface area (Å²) in [4.78, 5) is 0. The van der Waals surface area contributed by atoms with Crippen LogP contribution in [0.1, 0.15) is 46.5 Å². The predicted molar refractivity (Wildman–Crippen MR) is 77.9 cm³/mol. The Balaban J connectivity index is 1.96. The van der Waals surface area contributed by atoms with Gasteiger partial charge in [-0.05, 0) is 18.3 Å². The molecule has 0 aromatic carbocycles. The van der Waals surface area contributed by atoms with Gasteiger partial charge in [0.25, 0.3) is 0 Å². The van der Waals surface area contributed by atoms with Gasteiger partial charge in [-0.15, -0.1) is 0 Å². The number of nitrogens with zero attached hydrogens (tertiary/aromatic N) is 1. The van der Waals surface area contributed by atoms with Gasteiger partial charge in [0.2, 0.25) is 10.0 Å². The Labute approximate surface area is 122 Å². The largest absolute Gasteiger partial charge is 0.348 e. The molecule has 1 spiro atoms. The first-order valence-corrected chi connectivity index (χ1v) is 8.98. The predicted octanol–water partition coefficient (Wildman–Crippen LogP) is 1.98. The lowest BCUT2D eigenvalue weighted by Crippen LogP contribution is -2.46. The summed E-state index contributed by atoms with van der Waals surface area (Å²) in [5.74, 6) is -0.240. The van der Waals surface area contributed by atoms with Gasteiger partial charge < -0.3 is 9.47 Å². The molecule has 5 nitrogen and oxygen atoms in total. The molecule has 1 heterocycles. The summed E-state index contributed by atoms with van der Waals surface area (Å²) in [6.45, 7) is 7.17. The highest BCUT2D eigenvalue weighted by atomic mass is 32.2. The number of hydrogen-bond donors (Lipinski definition) is 0. The number of rotatable bonds is 3. The monoisotopic (exact) mass is 305 g/mol. The standard InChI is InChI=1S/C14H27NO4S/c1-13(2,3)11-20(16,17)15(4)12-5-7-14(8-6-12)18-9-10-19-14/h12H,5-11H2,1-4H3. The van der Waals surface area contributed by atoms with Crippen LogP contribution in [0.3, 0.4) is 0 Å². The topological polar surface area (TPSA) is 55.8 Å². The molecular formula is C14H27NO4S. The number of sulfonamides is 1. The molecule has 118 valence electrons. The Morgan fingerprint density at radius 1 is 1.15 bits per heavy atom. The molecule has 2 fully saturated rings. The molecule has 2 aliphatic rings. The molecule has 1 saturated heterocycles. The molecule has 0 aromatic rings. The molecule has 1 aliphatic heterocycles. The summed E-state index contributed by atoms with van der Waals surface area (Å²) in [5, 5.41) is 0. The van der Waals surface area contributed by atoms with Crippen molar-refractivity contribution in [1.29, 1.82) is 0 Å². The minimum Gasteiger partial charge on any atom is -0.348 e. The zero-order valence-corrected chi connectivity index (χ0v) is 13.8. The van der Waals surface area contributed by atoms with Gasteiger partial charge in [-0.2, -0.15) is 0 Å². The van der Waals surface area contributed by atoms with Crippen LogP contribution in [0.2, 0.25) is 0 Å². The van der Waals surface area contributed by atoms with Gasteiger partial charge in [-0.3, -0.25) is 0 Å². The maximum absolute atomic E-state index is 12.4. The van der Waals surface area contributed by atoms with Crippen LogP contribution in [0, 0.1) is 5.41 Å². The summed E-state index contributed by atoms with van der Waals surface area (Å²) in [5.41, 5.74) is -0.222. The van der Waals surface area contributed by atoms with Crippen LogP contribution in [0.25, 0.3) is 0 Å². The molecular weight excluding hydrogens is 278 g/mol. The van der Waals surface area contributed by atoms with Crippen molar-refractivity contribution in [2.75, 3.05) is 26.0 Å². The van der Waals surface area contributed by atoms with E-state index in [9.17, 15) is 8.42 Å². The van der Waals surface area contributed by atoms with E-state index in [1.165, 1.54) is 0 Å². The van der Waals surface area contributed by atoms with Crippen LogP contribution in [-0.4, -0.2) is 50.6 Å². The molecule has 0 radical (unpaired) electrons. The molecule has 0 atom stereocenters. The van der Waals surface area contributed by atoms with Crippen LogP contribution in [0.15, 0.2) is 0 Å². The first-order valence-electron chi connectivity index (χ1n) is 7.37. The van der Waals surface area contributed by atoms with E-state index in [-0.39, 0.29) is 17.2 Å². The van der Waals surface area contributed by atoms with Crippen molar-refractivity contribution in [2.24, 2.45) is 5.41 Å². The van der Waals surface area contributed by atoms with Gasteiger partial charge in [0.05, 0.1) is 19.0 Å². The van der Waals surface area contributed by atoms with E-state index in [2.05, 4.69) is 0 Å². The van der Waals surface area contributed by atoms with Crippen LogP contribution < -0.4 is 0 Å². The molecule has 0 amide bonds. The van der Waals surface area contributed by atoms with Crippen molar-refractivity contribution in [2.45, 2.75) is 58.3 Å². The minimum absolute atomic E-state index is 0.0702. The summed E-state index contributed by atoms with van der Waals surface area (Å²) >= 11 is 0. The smallest absolute Gasteiger partial charge is 0.214 e. The Morgan fingerprint density at radius 2 is 1.65 bits per heavy atom. The van der Waals surface area contributed by atoms with Crippen LogP contribution >= 0.6 is 0 Å². The van der Waals surface area contributed by atoms with E-state index in [1.54, 1.807) is 11.4 Å². The SMILES string of the molecule is CN(C1CCC2(CC1)OCCO2)S(=O)(=O)CC(C)(C)C. The molecule has 0 N–H and O–H groups in total.